The van der Waals surface area contributed by atoms with Gasteiger partial charge in [0.05, 0.1) is 6.42 Å². The third kappa shape index (κ3) is 4.09. The predicted molar refractivity (Wildman–Crippen MR) is 84.6 cm³/mol. The summed E-state index contributed by atoms with van der Waals surface area (Å²) in [6.07, 6.45) is 0.662. The van der Waals surface area contributed by atoms with E-state index in [0.717, 1.165) is 16.3 Å². The van der Waals surface area contributed by atoms with Crippen LogP contribution in [0.2, 0.25) is 5.02 Å². The van der Waals surface area contributed by atoms with Crippen molar-refractivity contribution >= 4 is 23.4 Å². The van der Waals surface area contributed by atoms with Crippen LogP contribution in [0.3, 0.4) is 0 Å². The van der Waals surface area contributed by atoms with Gasteiger partial charge in [0.1, 0.15) is 0 Å². The summed E-state index contributed by atoms with van der Waals surface area (Å²) in [6.45, 7) is 0. The minimum Gasteiger partial charge on any atom is -0.416 e. The number of rotatable bonds is 5. The van der Waals surface area contributed by atoms with Crippen molar-refractivity contribution in [3.8, 4) is 0 Å². The van der Waals surface area contributed by atoms with Crippen LogP contribution in [0.25, 0.3) is 0 Å². The van der Waals surface area contributed by atoms with Crippen molar-refractivity contribution in [3.63, 3.8) is 0 Å². The van der Waals surface area contributed by atoms with E-state index in [0.29, 0.717) is 17.5 Å². The van der Waals surface area contributed by atoms with Gasteiger partial charge in [-0.1, -0.05) is 65.8 Å². The number of nitrogens with zero attached hydrogens (tertiary/aromatic N) is 2. The molecule has 2 aromatic carbocycles. The van der Waals surface area contributed by atoms with E-state index in [9.17, 15) is 0 Å². The number of aromatic nitrogens is 2. The van der Waals surface area contributed by atoms with E-state index >= 15 is 0 Å². The second-order valence-electron chi connectivity index (χ2n) is 4.54. The summed E-state index contributed by atoms with van der Waals surface area (Å²) in [4.78, 5) is 0. The van der Waals surface area contributed by atoms with Crippen molar-refractivity contribution in [1.82, 2.24) is 10.2 Å². The minimum atomic E-state index is 0.593. The second kappa shape index (κ2) is 6.78. The summed E-state index contributed by atoms with van der Waals surface area (Å²) in [6, 6.07) is 17.8. The number of hydrogen-bond acceptors (Lipinski definition) is 4. The minimum absolute atomic E-state index is 0.593. The summed E-state index contributed by atoms with van der Waals surface area (Å²) < 4.78 is 5.65. The predicted octanol–water partition coefficient (Wildman–Crippen LogP) is 4.61. The molecule has 106 valence electrons. The number of benzene rings is 2. The Morgan fingerprint density at radius 3 is 2.43 bits per heavy atom. The molecule has 0 aliphatic rings. The molecule has 0 aliphatic carbocycles. The molecule has 0 saturated heterocycles. The maximum Gasteiger partial charge on any atom is 0.276 e. The van der Waals surface area contributed by atoms with Crippen LogP contribution in [0.1, 0.15) is 17.0 Å². The summed E-state index contributed by atoms with van der Waals surface area (Å²) in [7, 11) is 0. The molecule has 0 bridgehead atoms. The van der Waals surface area contributed by atoms with Crippen LogP contribution in [0.15, 0.2) is 64.2 Å². The Kier molecular flexibility index (Phi) is 4.58. The fraction of sp³-hybridized carbons (Fsp3) is 0.125. The van der Waals surface area contributed by atoms with Crippen molar-refractivity contribution < 1.29 is 4.42 Å². The van der Waals surface area contributed by atoms with Crippen molar-refractivity contribution in [2.75, 3.05) is 0 Å². The number of thioether (sulfide) groups is 1. The first-order valence-electron chi connectivity index (χ1n) is 6.53. The Morgan fingerprint density at radius 2 is 1.67 bits per heavy atom. The molecule has 0 amide bonds. The average molecular weight is 317 g/mol. The average Bonchev–Trinajstić information content (AvgIpc) is 2.95. The Hall–Kier alpha value is -1.78. The molecule has 0 radical (unpaired) electrons. The Morgan fingerprint density at radius 1 is 0.905 bits per heavy atom. The summed E-state index contributed by atoms with van der Waals surface area (Å²) in [5.41, 5.74) is 2.34. The lowest BCUT2D eigenvalue weighted by atomic mass is 10.2. The molecule has 21 heavy (non-hydrogen) atoms. The van der Waals surface area contributed by atoms with Gasteiger partial charge in [-0.15, -0.1) is 10.2 Å². The highest BCUT2D eigenvalue weighted by Crippen LogP contribution is 2.23. The molecule has 0 atom stereocenters. The summed E-state index contributed by atoms with van der Waals surface area (Å²) in [5.74, 6) is 1.42. The molecule has 0 aliphatic heterocycles. The molecule has 3 nitrogen and oxygen atoms in total. The zero-order valence-corrected chi connectivity index (χ0v) is 12.8. The van der Waals surface area contributed by atoms with Gasteiger partial charge in [-0.05, 0) is 23.3 Å². The monoisotopic (exact) mass is 316 g/mol. The van der Waals surface area contributed by atoms with Gasteiger partial charge >= 0.3 is 0 Å². The van der Waals surface area contributed by atoms with Crippen molar-refractivity contribution in [2.45, 2.75) is 17.4 Å². The van der Waals surface area contributed by atoms with Crippen LogP contribution in [-0.4, -0.2) is 10.2 Å². The van der Waals surface area contributed by atoms with Crippen LogP contribution in [0, 0.1) is 0 Å². The summed E-state index contributed by atoms with van der Waals surface area (Å²) in [5, 5.41) is 9.48. The fourth-order valence-corrected chi connectivity index (χ4v) is 2.73. The molecule has 0 fully saturated rings. The van der Waals surface area contributed by atoms with Gasteiger partial charge < -0.3 is 4.42 Å². The lowest BCUT2D eigenvalue weighted by Crippen LogP contribution is -1.87. The highest BCUT2D eigenvalue weighted by Gasteiger charge is 2.07. The molecule has 3 aromatic rings. The van der Waals surface area contributed by atoms with E-state index in [4.69, 9.17) is 16.0 Å². The topological polar surface area (TPSA) is 38.9 Å². The van der Waals surface area contributed by atoms with E-state index in [-0.39, 0.29) is 0 Å². The SMILES string of the molecule is Clc1ccc(CSc2nnc(Cc3ccccc3)o2)cc1. The fourth-order valence-electron chi connectivity index (χ4n) is 1.86. The zero-order valence-electron chi connectivity index (χ0n) is 11.2. The van der Waals surface area contributed by atoms with E-state index in [1.165, 1.54) is 17.3 Å². The van der Waals surface area contributed by atoms with Gasteiger partial charge in [0.15, 0.2) is 0 Å². The quantitative estimate of drug-likeness (QED) is 0.644. The van der Waals surface area contributed by atoms with Crippen molar-refractivity contribution in [2.24, 2.45) is 0 Å². The summed E-state index contributed by atoms with van der Waals surface area (Å²) >= 11 is 7.39. The molecule has 5 heteroatoms. The van der Waals surface area contributed by atoms with E-state index in [2.05, 4.69) is 10.2 Å². The maximum atomic E-state index is 5.86. The standard InChI is InChI=1S/C16H13ClN2OS/c17-14-8-6-13(7-9-14)11-21-16-19-18-15(20-16)10-12-4-2-1-3-5-12/h1-9H,10-11H2. The van der Waals surface area contributed by atoms with Gasteiger partial charge in [-0.25, -0.2) is 0 Å². The van der Waals surface area contributed by atoms with E-state index in [1.807, 2.05) is 54.6 Å². The molecule has 0 unspecified atom stereocenters. The van der Waals surface area contributed by atoms with Crippen LogP contribution in [0.5, 0.6) is 0 Å². The highest BCUT2D eigenvalue weighted by atomic mass is 35.5. The Balaban J connectivity index is 1.59. The first kappa shape index (κ1) is 14.2. The number of hydrogen-bond donors (Lipinski definition) is 0. The molecular formula is C16H13ClN2OS. The molecule has 0 spiro atoms. The molecule has 3 rings (SSSR count). The zero-order chi connectivity index (χ0) is 14.5. The maximum absolute atomic E-state index is 5.86. The van der Waals surface area contributed by atoms with Crippen LogP contribution < -0.4 is 0 Å². The van der Waals surface area contributed by atoms with Gasteiger partial charge in [-0.2, -0.15) is 0 Å². The normalized spacial score (nSPS) is 10.7. The van der Waals surface area contributed by atoms with Crippen molar-refractivity contribution in [1.29, 1.82) is 0 Å². The van der Waals surface area contributed by atoms with Crippen LogP contribution in [0.4, 0.5) is 0 Å². The first-order valence-corrected chi connectivity index (χ1v) is 7.89. The Labute approximate surface area is 132 Å². The molecule has 1 heterocycles. The number of halogens is 1. The van der Waals surface area contributed by atoms with Gasteiger partial charge in [0, 0.05) is 10.8 Å². The smallest absolute Gasteiger partial charge is 0.276 e. The lowest BCUT2D eigenvalue weighted by Gasteiger charge is -1.98. The lowest BCUT2D eigenvalue weighted by molar-refractivity contribution is 0.420. The highest BCUT2D eigenvalue weighted by molar-refractivity contribution is 7.98. The molecule has 1 aromatic heterocycles. The Bertz CT molecular complexity index is 698. The van der Waals surface area contributed by atoms with Crippen molar-refractivity contribution in [3.05, 3.63) is 76.6 Å². The van der Waals surface area contributed by atoms with Crippen LogP contribution in [-0.2, 0) is 12.2 Å². The third-order valence-corrected chi connectivity index (χ3v) is 4.06. The largest absolute Gasteiger partial charge is 0.416 e. The third-order valence-electron chi connectivity index (χ3n) is 2.92. The molecule has 0 saturated carbocycles. The molecule has 0 N–H and O–H groups in total. The first-order chi connectivity index (χ1) is 10.3. The molecular weight excluding hydrogens is 304 g/mol. The van der Waals surface area contributed by atoms with E-state index in [1.54, 1.807) is 0 Å². The van der Waals surface area contributed by atoms with Gasteiger partial charge in [0.2, 0.25) is 5.89 Å². The second-order valence-corrected chi connectivity index (χ2v) is 5.90. The van der Waals surface area contributed by atoms with Crippen LogP contribution >= 0.6 is 23.4 Å². The van der Waals surface area contributed by atoms with Gasteiger partial charge in [0.25, 0.3) is 5.22 Å². The van der Waals surface area contributed by atoms with E-state index < -0.39 is 0 Å². The van der Waals surface area contributed by atoms with Gasteiger partial charge in [-0.3, -0.25) is 0 Å².